The van der Waals surface area contributed by atoms with E-state index in [0.29, 0.717) is 5.75 Å². The number of primary amides is 1. The van der Waals surface area contributed by atoms with Gasteiger partial charge in [0.15, 0.2) is 0 Å². The van der Waals surface area contributed by atoms with Crippen molar-refractivity contribution in [3.05, 3.63) is 29.3 Å². The molecule has 3 N–H and O–H groups in total. The van der Waals surface area contributed by atoms with Gasteiger partial charge in [-0.1, -0.05) is 20.8 Å². The summed E-state index contributed by atoms with van der Waals surface area (Å²) >= 11 is 0. The molecule has 0 aromatic heterocycles. The van der Waals surface area contributed by atoms with E-state index in [4.69, 9.17) is 15.3 Å². The van der Waals surface area contributed by atoms with Crippen LogP contribution in [-0.2, 0) is 0 Å². The third-order valence-electron chi connectivity index (χ3n) is 3.66. The Bertz CT molecular complexity index is 547. The highest BCUT2D eigenvalue weighted by Gasteiger charge is 2.39. The van der Waals surface area contributed by atoms with Crippen molar-refractivity contribution in [3.63, 3.8) is 0 Å². The summed E-state index contributed by atoms with van der Waals surface area (Å²) in [7, 11) is -2.12. The van der Waals surface area contributed by atoms with Gasteiger partial charge in [-0.2, -0.15) is 0 Å². The third-order valence-corrected chi connectivity index (χ3v) is 8.01. The summed E-state index contributed by atoms with van der Waals surface area (Å²) in [5.74, 6) is -1.44. The largest absolute Gasteiger partial charge is 0.543 e. The van der Waals surface area contributed by atoms with Crippen molar-refractivity contribution in [2.24, 2.45) is 5.73 Å². The van der Waals surface area contributed by atoms with Crippen molar-refractivity contribution in [3.8, 4) is 5.75 Å². The number of carboxylic acid groups (broad SMARTS) is 1. The first kappa shape index (κ1) is 16.2. The smallest absolute Gasteiger partial charge is 0.335 e. The number of carboxylic acids is 1. The molecule has 20 heavy (non-hydrogen) atoms. The fourth-order valence-electron chi connectivity index (χ4n) is 1.37. The van der Waals surface area contributed by atoms with Crippen molar-refractivity contribution < 1.29 is 19.1 Å². The van der Waals surface area contributed by atoms with Crippen LogP contribution < -0.4 is 10.2 Å². The van der Waals surface area contributed by atoms with Crippen LogP contribution in [0.4, 0.5) is 0 Å². The molecule has 1 rings (SSSR count). The Morgan fingerprint density at radius 2 is 1.80 bits per heavy atom. The Balaban J connectivity index is 3.26. The van der Waals surface area contributed by atoms with Crippen molar-refractivity contribution >= 4 is 20.2 Å². The van der Waals surface area contributed by atoms with Gasteiger partial charge in [0.05, 0.1) is 11.1 Å². The number of amides is 1. The average Bonchev–Trinajstić information content (AvgIpc) is 2.26. The third kappa shape index (κ3) is 3.39. The quantitative estimate of drug-likeness (QED) is 0.836. The second kappa shape index (κ2) is 5.28. The van der Waals surface area contributed by atoms with Crippen molar-refractivity contribution in [2.45, 2.75) is 38.9 Å². The number of benzene rings is 1. The summed E-state index contributed by atoms with van der Waals surface area (Å²) in [6, 6.07) is 4.18. The van der Waals surface area contributed by atoms with E-state index in [0.717, 1.165) is 0 Å². The maximum Gasteiger partial charge on any atom is 0.335 e. The first-order valence-corrected chi connectivity index (χ1v) is 9.23. The van der Waals surface area contributed by atoms with E-state index in [9.17, 15) is 9.59 Å². The molecular weight excluding hydrogens is 274 g/mol. The van der Waals surface area contributed by atoms with Crippen LogP contribution in [0.15, 0.2) is 18.2 Å². The Kier molecular flexibility index (Phi) is 4.29. The van der Waals surface area contributed by atoms with E-state index >= 15 is 0 Å². The highest BCUT2D eigenvalue weighted by Crippen LogP contribution is 2.38. The molecule has 0 spiro atoms. The van der Waals surface area contributed by atoms with E-state index < -0.39 is 20.2 Å². The fraction of sp³-hybridized carbons (Fsp3) is 0.429. The lowest BCUT2D eigenvalue weighted by Crippen LogP contribution is -2.44. The number of aromatic carboxylic acids is 1. The lowest BCUT2D eigenvalue weighted by molar-refractivity contribution is 0.0697. The molecule has 5 nitrogen and oxygen atoms in total. The van der Waals surface area contributed by atoms with Crippen LogP contribution in [0.2, 0.25) is 18.1 Å². The topological polar surface area (TPSA) is 89.6 Å². The van der Waals surface area contributed by atoms with Crippen LogP contribution >= 0.6 is 0 Å². The molecule has 110 valence electrons. The van der Waals surface area contributed by atoms with Crippen LogP contribution in [-0.4, -0.2) is 25.3 Å². The SMILES string of the molecule is CC(C)(C)[Si](C)(C)Oc1ccc(C(=O)O)cc1C(N)=O. The molecular formula is C14H21NO4Si. The number of rotatable bonds is 4. The van der Waals surface area contributed by atoms with Gasteiger partial charge in [-0.15, -0.1) is 0 Å². The van der Waals surface area contributed by atoms with Gasteiger partial charge in [-0.25, -0.2) is 4.79 Å². The van der Waals surface area contributed by atoms with Crippen LogP contribution in [0.1, 0.15) is 41.5 Å². The molecule has 0 aliphatic heterocycles. The maximum absolute atomic E-state index is 11.5. The van der Waals surface area contributed by atoms with Gasteiger partial charge in [-0.3, -0.25) is 4.79 Å². The minimum absolute atomic E-state index is 0.0152. The summed E-state index contributed by atoms with van der Waals surface area (Å²) in [5.41, 5.74) is 5.44. The molecule has 0 aliphatic carbocycles. The lowest BCUT2D eigenvalue weighted by atomic mass is 10.1. The Hall–Kier alpha value is -1.82. The molecule has 0 saturated heterocycles. The molecule has 0 radical (unpaired) electrons. The number of carbonyl (C=O) groups excluding carboxylic acids is 1. The summed E-state index contributed by atoms with van der Waals surface area (Å²) in [5, 5.41) is 8.93. The molecule has 0 bridgehead atoms. The van der Waals surface area contributed by atoms with E-state index in [-0.39, 0.29) is 16.2 Å². The molecule has 1 aromatic carbocycles. The van der Waals surface area contributed by atoms with Gasteiger partial charge in [0.1, 0.15) is 5.75 Å². The minimum atomic E-state index is -2.12. The standard InChI is InChI=1S/C14H21NO4Si/c1-14(2,3)20(4,5)19-11-7-6-9(13(17)18)8-10(11)12(15)16/h6-8H,1-5H3,(H2,15,16)(H,17,18). The van der Waals surface area contributed by atoms with Crippen molar-refractivity contribution in [1.29, 1.82) is 0 Å². The molecule has 0 saturated carbocycles. The molecule has 0 unspecified atom stereocenters. The summed E-state index contributed by atoms with van der Waals surface area (Å²) < 4.78 is 6.04. The first-order chi connectivity index (χ1) is 8.95. The van der Waals surface area contributed by atoms with Gasteiger partial charge in [0, 0.05) is 0 Å². The average molecular weight is 295 g/mol. The van der Waals surface area contributed by atoms with Crippen LogP contribution in [0.5, 0.6) is 5.75 Å². The fourth-order valence-corrected chi connectivity index (χ4v) is 2.41. The van der Waals surface area contributed by atoms with Gasteiger partial charge >= 0.3 is 5.97 Å². The highest BCUT2D eigenvalue weighted by molar-refractivity contribution is 6.74. The van der Waals surface area contributed by atoms with Gasteiger partial charge in [0.25, 0.3) is 14.2 Å². The molecule has 1 aromatic rings. The zero-order valence-electron chi connectivity index (χ0n) is 12.5. The predicted octanol–water partition coefficient (Wildman–Crippen LogP) is 2.87. The predicted molar refractivity (Wildman–Crippen MR) is 79.7 cm³/mol. The van der Waals surface area contributed by atoms with E-state index in [1.165, 1.54) is 18.2 Å². The van der Waals surface area contributed by atoms with E-state index in [1.807, 2.05) is 13.1 Å². The molecule has 0 atom stereocenters. The molecule has 1 amide bonds. The summed E-state index contributed by atoms with van der Waals surface area (Å²) in [6.07, 6.45) is 0. The normalized spacial score (nSPS) is 12.1. The van der Waals surface area contributed by atoms with Gasteiger partial charge < -0.3 is 15.3 Å². The maximum atomic E-state index is 11.5. The van der Waals surface area contributed by atoms with Crippen LogP contribution in [0.25, 0.3) is 0 Å². The molecule has 0 heterocycles. The first-order valence-electron chi connectivity index (χ1n) is 6.32. The van der Waals surface area contributed by atoms with Crippen LogP contribution in [0, 0.1) is 0 Å². The van der Waals surface area contributed by atoms with Gasteiger partial charge in [-0.05, 0) is 36.3 Å². The second-order valence-corrected chi connectivity index (χ2v) is 11.0. The Labute approximate surface area is 119 Å². The number of nitrogens with two attached hydrogens (primary N) is 1. The molecule has 0 aliphatic rings. The van der Waals surface area contributed by atoms with E-state index in [1.54, 1.807) is 0 Å². The van der Waals surface area contributed by atoms with Crippen molar-refractivity contribution in [1.82, 2.24) is 0 Å². The zero-order valence-corrected chi connectivity index (χ0v) is 13.5. The molecule has 0 fully saturated rings. The monoisotopic (exact) mass is 295 g/mol. The number of hydrogen-bond donors (Lipinski definition) is 2. The summed E-state index contributed by atoms with van der Waals surface area (Å²) in [6.45, 7) is 10.3. The number of hydrogen-bond acceptors (Lipinski definition) is 3. The minimum Gasteiger partial charge on any atom is -0.543 e. The second-order valence-electron chi connectivity index (χ2n) is 6.24. The Morgan fingerprint density at radius 3 is 2.20 bits per heavy atom. The van der Waals surface area contributed by atoms with Crippen molar-refractivity contribution in [2.75, 3.05) is 0 Å². The van der Waals surface area contributed by atoms with Gasteiger partial charge in [0.2, 0.25) is 0 Å². The number of carbonyl (C=O) groups is 2. The Morgan fingerprint density at radius 1 is 1.25 bits per heavy atom. The highest BCUT2D eigenvalue weighted by atomic mass is 28.4. The molecule has 6 heteroatoms. The van der Waals surface area contributed by atoms with E-state index in [2.05, 4.69) is 20.8 Å². The summed E-state index contributed by atoms with van der Waals surface area (Å²) in [4.78, 5) is 22.4. The van der Waals surface area contributed by atoms with Crippen LogP contribution in [0.3, 0.4) is 0 Å². The zero-order chi connectivity index (χ0) is 15.7. The lowest BCUT2D eigenvalue weighted by Gasteiger charge is -2.36.